The van der Waals surface area contributed by atoms with E-state index in [2.05, 4.69) is 14.9 Å². The smallest absolute Gasteiger partial charge is 0.373 e. The molecule has 0 radical (unpaired) electrons. The van der Waals surface area contributed by atoms with Gasteiger partial charge in [-0.25, -0.2) is 4.79 Å². The molecule has 0 aliphatic heterocycles. The minimum atomic E-state index is -0.520. The molecule has 0 spiro atoms. The number of ether oxygens (including phenoxy) is 3. The number of nitrogens with zero attached hydrogens (tertiary/aromatic N) is 2. The number of carbonyl (C=O) groups is 1. The van der Waals surface area contributed by atoms with Crippen LogP contribution in [-0.2, 0) is 10.5 Å². The van der Waals surface area contributed by atoms with Crippen LogP contribution in [0.25, 0.3) is 11.5 Å². The maximum Gasteiger partial charge on any atom is 0.373 e. The maximum atomic E-state index is 11.4. The molecule has 26 heavy (non-hydrogen) atoms. The van der Waals surface area contributed by atoms with Crippen molar-refractivity contribution >= 4 is 17.7 Å². The Morgan fingerprint density at radius 1 is 1.04 bits per heavy atom. The number of carbonyl (C=O) groups excluding carboxylic acids is 1. The van der Waals surface area contributed by atoms with E-state index in [9.17, 15) is 4.79 Å². The Balaban J connectivity index is 1.70. The molecule has 136 valence electrons. The van der Waals surface area contributed by atoms with Gasteiger partial charge in [0.1, 0.15) is 17.3 Å². The number of furan rings is 1. The van der Waals surface area contributed by atoms with Gasteiger partial charge in [-0.1, -0.05) is 11.8 Å². The van der Waals surface area contributed by atoms with Gasteiger partial charge in [-0.3, -0.25) is 0 Å². The molecule has 0 unspecified atom stereocenters. The molecule has 2 heterocycles. The molecule has 0 fully saturated rings. The van der Waals surface area contributed by atoms with E-state index in [4.69, 9.17) is 18.3 Å². The Bertz CT molecular complexity index is 882. The lowest BCUT2D eigenvalue weighted by atomic mass is 10.2. The molecule has 0 aliphatic carbocycles. The molecule has 0 saturated carbocycles. The summed E-state index contributed by atoms with van der Waals surface area (Å²) in [5.74, 6) is 2.25. The molecule has 0 N–H and O–H groups in total. The molecular formula is C17H16N2O6S. The molecule has 0 saturated heterocycles. The zero-order valence-corrected chi connectivity index (χ0v) is 15.2. The quantitative estimate of drug-likeness (QED) is 0.454. The number of hydrogen-bond donors (Lipinski definition) is 0. The first kappa shape index (κ1) is 17.9. The Morgan fingerprint density at radius 2 is 1.77 bits per heavy atom. The van der Waals surface area contributed by atoms with E-state index >= 15 is 0 Å². The largest absolute Gasteiger partial charge is 0.497 e. The third-order valence-corrected chi connectivity index (χ3v) is 4.23. The van der Waals surface area contributed by atoms with Crippen LogP contribution >= 0.6 is 11.8 Å². The van der Waals surface area contributed by atoms with Gasteiger partial charge in [-0.2, -0.15) is 0 Å². The number of rotatable bonds is 7. The number of aromatic nitrogens is 2. The van der Waals surface area contributed by atoms with Crippen LogP contribution < -0.4 is 9.47 Å². The third-order valence-electron chi connectivity index (χ3n) is 3.39. The van der Waals surface area contributed by atoms with Crippen molar-refractivity contribution in [1.82, 2.24) is 10.2 Å². The summed E-state index contributed by atoms with van der Waals surface area (Å²) in [6, 6.07) is 8.57. The highest BCUT2D eigenvalue weighted by molar-refractivity contribution is 7.98. The average molecular weight is 376 g/mol. The fourth-order valence-corrected chi connectivity index (χ4v) is 2.77. The lowest BCUT2D eigenvalue weighted by Gasteiger charge is -2.05. The van der Waals surface area contributed by atoms with Gasteiger partial charge in [0.2, 0.25) is 11.7 Å². The highest BCUT2D eigenvalue weighted by Crippen LogP contribution is 2.31. The van der Waals surface area contributed by atoms with Crippen LogP contribution in [0.4, 0.5) is 0 Å². The van der Waals surface area contributed by atoms with E-state index < -0.39 is 5.97 Å². The summed E-state index contributed by atoms with van der Waals surface area (Å²) in [6.07, 6.45) is 0. The first-order valence-corrected chi connectivity index (χ1v) is 8.48. The van der Waals surface area contributed by atoms with Crippen LogP contribution in [0.15, 0.2) is 44.4 Å². The third kappa shape index (κ3) is 3.99. The van der Waals surface area contributed by atoms with E-state index in [1.165, 1.54) is 18.9 Å². The van der Waals surface area contributed by atoms with Crippen LogP contribution in [-0.4, -0.2) is 37.5 Å². The number of benzene rings is 1. The minimum Gasteiger partial charge on any atom is -0.497 e. The monoisotopic (exact) mass is 376 g/mol. The molecule has 3 rings (SSSR count). The summed E-state index contributed by atoms with van der Waals surface area (Å²) >= 11 is 1.29. The van der Waals surface area contributed by atoms with Gasteiger partial charge < -0.3 is 23.0 Å². The van der Waals surface area contributed by atoms with Crippen molar-refractivity contribution in [1.29, 1.82) is 0 Å². The van der Waals surface area contributed by atoms with Crippen LogP contribution in [0.2, 0.25) is 0 Å². The lowest BCUT2D eigenvalue weighted by molar-refractivity contribution is 0.0563. The van der Waals surface area contributed by atoms with E-state index in [0.717, 1.165) is 0 Å². The van der Waals surface area contributed by atoms with Gasteiger partial charge >= 0.3 is 5.97 Å². The zero-order valence-electron chi connectivity index (χ0n) is 14.3. The maximum absolute atomic E-state index is 11.4. The minimum absolute atomic E-state index is 0.151. The molecule has 3 aromatic rings. The molecule has 0 amide bonds. The van der Waals surface area contributed by atoms with Crippen LogP contribution in [0, 0.1) is 0 Å². The van der Waals surface area contributed by atoms with Gasteiger partial charge in [0.25, 0.3) is 5.22 Å². The molecule has 2 aromatic heterocycles. The SMILES string of the molecule is COC(=O)c1ccc(CSc2nnc(-c3cc(OC)cc(OC)c3)o2)o1. The van der Waals surface area contributed by atoms with Crippen molar-refractivity contribution in [2.45, 2.75) is 11.0 Å². The van der Waals surface area contributed by atoms with Crippen LogP contribution in [0.5, 0.6) is 11.5 Å². The fourth-order valence-electron chi connectivity index (χ4n) is 2.11. The Labute approximate surface area is 153 Å². The highest BCUT2D eigenvalue weighted by Gasteiger charge is 2.14. The van der Waals surface area contributed by atoms with Crippen molar-refractivity contribution in [3.63, 3.8) is 0 Å². The van der Waals surface area contributed by atoms with Crippen molar-refractivity contribution in [2.75, 3.05) is 21.3 Å². The second kappa shape index (κ2) is 7.96. The standard InChI is InChI=1S/C17H16N2O6S/c1-21-12-6-10(7-13(8-12)22-2)15-18-19-17(25-15)26-9-11-4-5-14(24-11)16(20)23-3/h4-8H,9H2,1-3H3. The van der Waals surface area contributed by atoms with E-state index in [1.807, 2.05) is 0 Å². The van der Waals surface area contributed by atoms with Gasteiger partial charge in [0.15, 0.2) is 0 Å². The zero-order chi connectivity index (χ0) is 18.5. The van der Waals surface area contributed by atoms with E-state index in [0.29, 0.717) is 39.7 Å². The molecule has 0 aliphatic rings. The molecule has 8 nitrogen and oxygen atoms in total. The highest BCUT2D eigenvalue weighted by atomic mass is 32.2. The van der Waals surface area contributed by atoms with Crippen molar-refractivity contribution in [2.24, 2.45) is 0 Å². The van der Waals surface area contributed by atoms with Crippen molar-refractivity contribution in [3.8, 4) is 23.0 Å². The van der Waals surface area contributed by atoms with Gasteiger partial charge in [0, 0.05) is 11.6 Å². The van der Waals surface area contributed by atoms with E-state index in [1.54, 1.807) is 44.6 Å². The topological polar surface area (TPSA) is 96.8 Å². The van der Waals surface area contributed by atoms with Crippen molar-refractivity contribution in [3.05, 3.63) is 41.9 Å². The molecule has 9 heteroatoms. The summed E-state index contributed by atoms with van der Waals surface area (Å²) < 4.78 is 26.1. The normalized spacial score (nSPS) is 10.6. The summed E-state index contributed by atoms with van der Waals surface area (Å²) in [5.41, 5.74) is 0.687. The number of thioether (sulfide) groups is 1. The van der Waals surface area contributed by atoms with E-state index in [-0.39, 0.29) is 5.76 Å². The second-order valence-corrected chi connectivity index (χ2v) is 5.95. The van der Waals surface area contributed by atoms with Crippen LogP contribution in [0.3, 0.4) is 0 Å². The second-order valence-electron chi connectivity index (χ2n) is 5.02. The Hall–Kier alpha value is -2.94. The van der Waals surface area contributed by atoms with Crippen molar-refractivity contribution < 1.29 is 27.8 Å². The van der Waals surface area contributed by atoms with Gasteiger partial charge in [0.05, 0.1) is 27.1 Å². The fraction of sp³-hybridized carbons (Fsp3) is 0.235. The molecule has 1 aromatic carbocycles. The van der Waals surface area contributed by atoms with Crippen LogP contribution in [0.1, 0.15) is 16.3 Å². The molecule has 0 atom stereocenters. The predicted octanol–water partition coefficient (Wildman–Crippen LogP) is 3.43. The first-order valence-electron chi connectivity index (χ1n) is 7.49. The summed E-state index contributed by atoms with van der Waals surface area (Å²) in [6.45, 7) is 0. The molecule has 0 bridgehead atoms. The van der Waals surface area contributed by atoms with Gasteiger partial charge in [-0.05, 0) is 24.3 Å². The summed E-state index contributed by atoms with van der Waals surface area (Å²) in [5, 5.41) is 8.42. The Kier molecular flexibility index (Phi) is 5.47. The number of hydrogen-bond acceptors (Lipinski definition) is 9. The first-order chi connectivity index (χ1) is 12.6. The summed E-state index contributed by atoms with van der Waals surface area (Å²) in [7, 11) is 4.44. The number of esters is 1. The lowest BCUT2D eigenvalue weighted by Crippen LogP contribution is -1.98. The number of methoxy groups -OCH3 is 3. The summed E-state index contributed by atoms with van der Waals surface area (Å²) in [4.78, 5) is 11.4. The average Bonchev–Trinajstić information content (AvgIpc) is 3.34. The Morgan fingerprint density at radius 3 is 2.42 bits per heavy atom. The predicted molar refractivity (Wildman–Crippen MR) is 92.4 cm³/mol. The van der Waals surface area contributed by atoms with Gasteiger partial charge in [-0.15, -0.1) is 10.2 Å². The molecular weight excluding hydrogens is 360 g/mol.